The van der Waals surface area contributed by atoms with Crippen molar-refractivity contribution in [2.75, 3.05) is 0 Å². The maximum Gasteiger partial charge on any atom is 0.303 e. The minimum Gasteiger partial charge on any atom is -0.481 e. The Kier molecular flexibility index (Phi) is 7.93. The van der Waals surface area contributed by atoms with Crippen LogP contribution in [0.4, 0.5) is 0 Å². The molecule has 0 fully saturated rings. The average Bonchev–Trinajstić information content (AvgIpc) is 3.53. The first-order chi connectivity index (χ1) is 18.1. The molecule has 9 heteroatoms. The van der Waals surface area contributed by atoms with Gasteiger partial charge in [-0.1, -0.05) is 0 Å². The zero-order valence-electron chi connectivity index (χ0n) is 22.2. The summed E-state index contributed by atoms with van der Waals surface area (Å²) in [5.74, 6) is -1.73. The number of carboxylic acid groups (broad SMARTS) is 2. The molecule has 3 aromatic rings. The summed E-state index contributed by atoms with van der Waals surface area (Å²) >= 11 is 0. The number of aromatic nitrogens is 4. The number of rotatable bonds is 6. The second kappa shape index (κ2) is 11.0. The van der Waals surface area contributed by atoms with E-state index in [0.29, 0.717) is 18.5 Å². The van der Waals surface area contributed by atoms with Crippen LogP contribution < -0.4 is 0 Å². The van der Waals surface area contributed by atoms with Gasteiger partial charge >= 0.3 is 11.9 Å². The quantitative estimate of drug-likeness (QED) is 0.258. The molecule has 8 bridgehead atoms. The van der Waals surface area contributed by atoms with Gasteiger partial charge in [0.1, 0.15) is 0 Å². The van der Waals surface area contributed by atoms with Crippen molar-refractivity contribution in [1.82, 2.24) is 19.9 Å². The Morgan fingerprint density at radius 1 is 0.769 bits per heavy atom. The molecule has 2 aliphatic rings. The third-order valence-corrected chi connectivity index (χ3v) is 7.26. The largest absolute Gasteiger partial charge is 0.481 e. The van der Waals surface area contributed by atoms with E-state index in [2.05, 4.69) is 16.0 Å². The van der Waals surface area contributed by atoms with Gasteiger partial charge in [-0.3, -0.25) is 9.59 Å². The Labute approximate surface area is 235 Å². The van der Waals surface area contributed by atoms with Crippen LogP contribution in [0, 0.1) is 13.8 Å². The van der Waals surface area contributed by atoms with Crippen LogP contribution in [-0.2, 0) is 32.5 Å². The molecule has 204 valence electrons. The van der Waals surface area contributed by atoms with E-state index in [4.69, 9.17) is 9.97 Å². The molecule has 0 spiro atoms. The summed E-state index contributed by atoms with van der Waals surface area (Å²) in [6.07, 6.45) is 2.74. The number of hydrogen-bond donors (Lipinski definition) is 4. The third-order valence-electron chi connectivity index (χ3n) is 7.26. The minimum absolute atomic E-state index is 0. The summed E-state index contributed by atoms with van der Waals surface area (Å²) in [5.41, 5.74) is 12.4. The first-order valence-electron chi connectivity index (χ1n) is 12.6. The number of carbonyl (C=O) groups is 2. The van der Waals surface area contributed by atoms with Gasteiger partial charge in [0, 0.05) is 51.4 Å². The number of aryl methyl sites for hydroxylation is 3. The van der Waals surface area contributed by atoms with Gasteiger partial charge in [-0.05, 0) is 110 Å². The standard InChI is InChI=1S/C30H30N4O4.Ni/c1-15-9-20-12-25-17(3)21(5-7-29(35)36)27(33-25)14-28-22(6-8-30(37)38)18(4)26(34-28)13-24-16(2)10-19(32-24)11-23(15)31-20;/h9-14,31,34H,5-8H2,1-4H3,(H,35,36)(H,37,38);. The zero-order chi connectivity index (χ0) is 27.1. The van der Waals surface area contributed by atoms with E-state index >= 15 is 0 Å². The first kappa shape index (κ1) is 28.1. The maximum absolute atomic E-state index is 11.4. The van der Waals surface area contributed by atoms with Crippen LogP contribution in [0.3, 0.4) is 0 Å². The topological polar surface area (TPSA) is 132 Å². The average molecular weight is 569 g/mol. The van der Waals surface area contributed by atoms with Crippen LogP contribution in [0.5, 0.6) is 0 Å². The maximum atomic E-state index is 11.4. The fourth-order valence-corrected chi connectivity index (χ4v) is 5.11. The van der Waals surface area contributed by atoms with Crippen LogP contribution in [0.2, 0.25) is 0 Å². The van der Waals surface area contributed by atoms with Gasteiger partial charge < -0.3 is 20.2 Å². The zero-order valence-corrected chi connectivity index (χ0v) is 23.2. The van der Waals surface area contributed by atoms with Gasteiger partial charge in [0.2, 0.25) is 0 Å². The summed E-state index contributed by atoms with van der Waals surface area (Å²) < 4.78 is 0. The molecule has 39 heavy (non-hydrogen) atoms. The molecule has 0 radical (unpaired) electrons. The number of aliphatic carboxylic acids is 2. The summed E-state index contributed by atoms with van der Waals surface area (Å²) in [5, 5.41) is 18.7. The van der Waals surface area contributed by atoms with Gasteiger partial charge in [-0.25, -0.2) is 9.97 Å². The van der Waals surface area contributed by atoms with E-state index in [1.54, 1.807) is 0 Å². The van der Waals surface area contributed by atoms with Gasteiger partial charge in [-0.15, -0.1) is 0 Å². The molecule has 0 aromatic carbocycles. The third kappa shape index (κ3) is 5.74. The number of H-pyrrole nitrogens is 2. The number of allylic oxidation sites excluding steroid dienone is 3. The molecular weight excluding hydrogens is 539 g/mol. The van der Waals surface area contributed by atoms with E-state index in [1.807, 2.05) is 58.0 Å². The molecule has 0 unspecified atom stereocenters. The van der Waals surface area contributed by atoms with Crippen molar-refractivity contribution in [2.24, 2.45) is 0 Å². The number of fused-ring (bicyclic) bond motifs is 8. The second-order valence-electron chi connectivity index (χ2n) is 9.98. The summed E-state index contributed by atoms with van der Waals surface area (Å²) in [7, 11) is 0. The summed E-state index contributed by atoms with van der Waals surface area (Å²) in [6, 6.07) is 9.98. The van der Waals surface area contributed by atoms with Crippen molar-refractivity contribution in [2.45, 2.75) is 53.4 Å². The Bertz CT molecular complexity index is 1730. The van der Waals surface area contributed by atoms with Gasteiger partial charge in [-0.2, -0.15) is 0 Å². The van der Waals surface area contributed by atoms with E-state index in [0.717, 1.165) is 72.6 Å². The molecule has 0 saturated carbocycles. The molecule has 5 heterocycles. The predicted molar refractivity (Wildman–Crippen MR) is 149 cm³/mol. The molecule has 0 atom stereocenters. The number of hydrogen-bond acceptors (Lipinski definition) is 4. The number of carboxylic acids is 2. The molecule has 5 rings (SSSR count). The van der Waals surface area contributed by atoms with Crippen molar-refractivity contribution in [3.05, 3.63) is 69.8 Å². The molecule has 0 aliphatic carbocycles. The van der Waals surface area contributed by atoms with Crippen LogP contribution in [0.25, 0.3) is 44.9 Å². The van der Waals surface area contributed by atoms with Gasteiger partial charge in [0.05, 0.1) is 22.8 Å². The number of nitrogens with one attached hydrogen (secondary N) is 2. The molecule has 0 saturated heterocycles. The Balaban J connectivity index is 0.00000353. The molecule has 2 aliphatic heterocycles. The fourth-order valence-electron chi connectivity index (χ4n) is 5.11. The van der Waals surface area contributed by atoms with Crippen LogP contribution >= 0.6 is 0 Å². The molecular formula is C30H30N4NiO4. The first-order valence-corrected chi connectivity index (χ1v) is 12.6. The van der Waals surface area contributed by atoms with Crippen molar-refractivity contribution < 1.29 is 36.3 Å². The van der Waals surface area contributed by atoms with E-state index in [-0.39, 0.29) is 29.3 Å². The molecule has 3 aromatic heterocycles. The van der Waals surface area contributed by atoms with Crippen molar-refractivity contribution in [1.29, 1.82) is 0 Å². The van der Waals surface area contributed by atoms with Crippen molar-refractivity contribution in [3.8, 4) is 0 Å². The summed E-state index contributed by atoms with van der Waals surface area (Å²) in [4.78, 5) is 39.5. The van der Waals surface area contributed by atoms with Crippen molar-refractivity contribution >= 4 is 56.8 Å². The van der Waals surface area contributed by atoms with Gasteiger partial charge in [0.15, 0.2) is 0 Å². The summed E-state index contributed by atoms with van der Waals surface area (Å²) in [6.45, 7) is 8.01. The van der Waals surface area contributed by atoms with E-state index in [1.165, 1.54) is 0 Å². The van der Waals surface area contributed by atoms with Gasteiger partial charge in [0.25, 0.3) is 0 Å². The Hall–Kier alpha value is -3.97. The monoisotopic (exact) mass is 568 g/mol. The molecule has 8 nitrogen and oxygen atoms in total. The van der Waals surface area contributed by atoms with Crippen molar-refractivity contribution in [3.63, 3.8) is 0 Å². The fraction of sp³-hybridized carbons (Fsp3) is 0.267. The van der Waals surface area contributed by atoms with E-state index < -0.39 is 11.9 Å². The van der Waals surface area contributed by atoms with Crippen LogP contribution in [0.15, 0.2) is 30.3 Å². The second-order valence-corrected chi connectivity index (χ2v) is 9.98. The molecule has 0 amide bonds. The smallest absolute Gasteiger partial charge is 0.303 e. The normalized spacial score (nSPS) is 12.8. The number of nitrogens with zero attached hydrogens (tertiary/aromatic N) is 2. The predicted octanol–water partition coefficient (Wildman–Crippen LogP) is 6.30. The van der Waals surface area contributed by atoms with Crippen LogP contribution in [-0.4, -0.2) is 42.1 Å². The molecule has 4 N–H and O–H groups in total. The minimum atomic E-state index is -0.868. The number of aromatic amines is 2. The van der Waals surface area contributed by atoms with Crippen LogP contribution in [0.1, 0.15) is 72.6 Å². The Morgan fingerprint density at radius 2 is 1.46 bits per heavy atom. The Morgan fingerprint density at radius 3 is 2.18 bits per heavy atom. The van der Waals surface area contributed by atoms with E-state index in [9.17, 15) is 19.8 Å². The SMILES string of the molecule is CC1=Cc2cc3[nH]c(cc4nc(cc5[nH]c(cc1n2)c(C)c5CCC(=O)O)C(CCC(=O)O)=C4C)cc3C.[Ni].